The van der Waals surface area contributed by atoms with Crippen molar-refractivity contribution in [1.82, 2.24) is 19.8 Å². The number of aromatic nitrogens is 2. The van der Waals surface area contributed by atoms with E-state index in [2.05, 4.69) is 15.5 Å². The summed E-state index contributed by atoms with van der Waals surface area (Å²) in [6.45, 7) is 5.83. The van der Waals surface area contributed by atoms with Crippen LogP contribution in [-0.2, 0) is 10.0 Å². The van der Waals surface area contributed by atoms with Crippen molar-refractivity contribution in [2.75, 3.05) is 19.6 Å². The lowest BCUT2D eigenvalue weighted by Gasteiger charge is -2.35. The van der Waals surface area contributed by atoms with Gasteiger partial charge in [-0.2, -0.15) is 9.40 Å². The zero-order chi connectivity index (χ0) is 15.0. The van der Waals surface area contributed by atoms with Crippen LogP contribution in [0.15, 0.2) is 4.90 Å². The molecule has 2 aliphatic heterocycles. The summed E-state index contributed by atoms with van der Waals surface area (Å²) in [5.74, 6) is 0.434. The summed E-state index contributed by atoms with van der Waals surface area (Å²) < 4.78 is 27.5. The fourth-order valence-corrected chi connectivity index (χ4v) is 5.55. The van der Waals surface area contributed by atoms with Crippen molar-refractivity contribution in [1.29, 1.82) is 0 Å². The molecule has 1 aromatic rings. The van der Waals surface area contributed by atoms with Gasteiger partial charge in [0.15, 0.2) is 0 Å². The molecule has 3 rings (SSSR count). The predicted molar refractivity (Wildman–Crippen MR) is 80.6 cm³/mol. The van der Waals surface area contributed by atoms with Gasteiger partial charge in [-0.3, -0.25) is 5.10 Å². The fraction of sp³-hybridized carbons (Fsp3) is 0.786. The molecule has 2 unspecified atom stereocenters. The number of sulfonamides is 1. The van der Waals surface area contributed by atoms with Gasteiger partial charge in [0.05, 0.1) is 11.4 Å². The number of nitrogens with one attached hydrogen (secondary N) is 2. The summed E-state index contributed by atoms with van der Waals surface area (Å²) in [5, 5.41) is 10.3. The van der Waals surface area contributed by atoms with E-state index < -0.39 is 10.0 Å². The Morgan fingerprint density at radius 3 is 2.67 bits per heavy atom. The Labute approximate surface area is 126 Å². The lowest BCUT2D eigenvalue weighted by Crippen LogP contribution is -2.45. The van der Waals surface area contributed by atoms with E-state index in [1.807, 2.05) is 0 Å². The number of hydrogen-bond donors (Lipinski definition) is 2. The third-order valence-electron chi connectivity index (χ3n) is 4.75. The Morgan fingerprint density at radius 1 is 1.24 bits per heavy atom. The van der Waals surface area contributed by atoms with Crippen molar-refractivity contribution in [3.05, 3.63) is 11.4 Å². The molecule has 2 N–H and O–H groups in total. The van der Waals surface area contributed by atoms with Gasteiger partial charge in [0.1, 0.15) is 4.90 Å². The van der Waals surface area contributed by atoms with E-state index in [9.17, 15) is 8.42 Å². The van der Waals surface area contributed by atoms with E-state index in [1.165, 1.54) is 12.8 Å². The van der Waals surface area contributed by atoms with Crippen LogP contribution in [0.5, 0.6) is 0 Å². The van der Waals surface area contributed by atoms with Gasteiger partial charge in [-0.1, -0.05) is 0 Å². The lowest BCUT2D eigenvalue weighted by atomic mass is 9.91. The van der Waals surface area contributed by atoms with Crippen LogP contribution >= 0.6 is 0 Å². The van der Waals surface area contributed by atoms with Crippen molar-refractivity contribution in [3.63, 3.8) is 0 Å². The summed E-state index contributed by atoms with van der Waals surface area (Å²) in [6.07, 6.45) is 4.43. The first-order valence-electron chi connectivity index (χ1n) is 7.75. The lowest BCUT2D eigenvalue weighted by molar-refractivity contribution is 0.226. The van der Waals surface area contributed by atoms with Crippen LogP contribution in [0.3, 0.4) is 0 Å². The highest BCUT2D eigenvalue weighted by Crippen LogP contribution is 2.29. The zero-order valence-corrected chi connectivity index (χ0v) is 13.5. The van der Waals surface area contributed by atoms with Gasteiger partial charge in [-0.15, -0.1) is 0 Å². The molecule has 7 heteroatoms. The first kappa shape index (κ1) is 15.0. The van der Waals surface area contributed by atoms with Gasteiger partial charge in [-0.25, -0.2) is 8.42 Å². The van der Waals surface area contributed by atoms with E-state index in [1.54, 1.807) is 18.2 Å². The van der Waals surface area contributed by atoms with Crippen molar-refractivity contribution < 1.29 is 8.42 Å². The van der Waals surface area contributed by atoms with Crippen LogP contribution in [0.2, 0.25) is 0 Å². The van der Waals surface area contributed by atoms with Crippen molar-refractivity contribution in [3.8, 4) is 0 Å². The molecule has 21 heavy (non-hydrogen) atoms. The number of aryl methyl sites for hydroxylation is 2. The monoisotopic (exact) mass is 312 g/mol. The standard InChI is InChI=1S/C14H24N4O2S/c1-10-14(11(2)17-16-10)21(19,20)18-8-4-5-12(9-18)13-6-3-7-15-13/h12-13,15H,3-9H2,1-2H3,(H,16,17). The minimum Gasteiger partial charge on any atom is -0.314 e. The summed E-state index contributed by atoms with van der Waals surface area (Å²) in [4.78, 5) is 0.363. The molecule has 0 aromatic carbocycles. The predicted octanol–water partition coefficient (Wildman–Crippen LogP) is 1.18. The molecule has 1 aromatic heterocycles. The first-order chi connectivity index (χ1) is 10.00. The van der Waals surface area contributed by atoms with E-state index in [-0.39, 0.29) is 0 Å². The molecule has 2 fully saturated rings. The molecule has 2 atom stereocenters. The van der Waals surface area contributed by atoms with Gasteiger partial charge >= 0.3 is 0 Å². The summed E-state index contributed by atoms with van der Waals surface area (Å²) in [6, 6.07) is 0.481. The molecule has 0 radical (unpaired) electrons. The van der Waals surface area contributed by atoms with E-state index in [4.69, 9.17) is 0 Å². The molecule has 2 saturated heterocycles. The quantitative estimate of drug-likeness (QED) is 0.878. The smallest absolute Gasteiger partial charge is 0.246 e. The third kappa shape index (κ3) is 2.74. The Balaban J connectivity index is 1.82. The van der Waals surface area contributed by atoms with Crippen molar-refractivity contribution in [2.24, 2.45) is 5.92 Å². The van der Waals surface area contributed by atoms with Crippen LogP contribution in [0.1, 0.15) is 37.1 Å². The largest absolute Gasteiger partial charge is 0.314 e. The van der Waals surface area contributed by atoms with E-state index >= 15 is 0 Å². The van der Waals surface area contributed by atoms with Crippen LogP contribution in [0.25, 0.3) is 0 Å². The number of aromatic amines is 1. The van der Waals surface area contributed by atoms with E-state index in [0.717, 1.165) is 19.4 Å². The average molecular weight is 312 g/mol. The van der Waals surface area contributed by atoms with E-state index in [0.29, 0.717) is 41.3 Å². The normalized spacial score (nSPS) is 28.1. The first-order valence-corrected chi connectivity index (χ1v) is 9.19. The molecule has 0 saturated carbocycles. The third-order valence-corrected chi connectivity index (χ3v) is 6.88. The highest BCUT2D eigenvalue weighted by molar-refractivity contribution is 7.89. The maximum absolute atomic E-state index is 12.9. The average Bonchev–Trinajstić information content (AvgIpc) is 3.09. The second-order valence-electron chi connectivity index (χ2n) is 6.23. The number of piperidine rings is 1. The molecule has 6 nitrogen and oxygen atoms in total. The van der Waals surface area contributed by atoms with Crippen LogP contribution in [-0.4, -0.2) is 48.6 Å². The number of rotatable bonds is 3. The number of H-pyrrole nitrogens is 1. The Kier molecular flexibility index (Phi) is 4.07. The van der Waals surface area contributed by atoms with Gasteiger partial charge in [0.2, 0.25) is 10.0 Å². The Morgan fingerprint density at radius 2 is 2.05 bits per heavy atom. The maximum Gasteiger partial charge on any atom is 0.246 e. The second-order valence-corrected chi connectivity index (χ2v) is 8.11. The highest BCUT2D eigenvalue weighted by atomic mass is 32.2. The minimum atomic E-state index is -3.43. The molecule has 118 valence electrons. The molecule has 0 spiro atoms. The van der Waals surface area contributed by atoms with Crippen molar-refractivity contribution in [2.45, 2.75) is 50.5 Å². The Hall–Kier alpha value is -0.920. The maximum atomic E-state index is 12.9. The van der Waals surface area contributed by atoms with Crippen molar-refractivity contribution >= 4 is 10.0 Å². The van der Waals surface area contributed by atoms with Gasteiger partial charge in [0.25, 0.3) is 0 Å². The molecular weight excluding hydrogens is 288 g/mol. The van der Waals surface area contributed by atoms with Gasteiger partial charge in [0, 0.05) is 19.1 Å². The van der Waals surface area contributed by atoms with Gasteiger partial charge in [-0.05, 0) is 52.0 Å². The van der Waals surface area contributed by atoms with Gasteiger partial charge < -0.3 is 5.32 Å². The van der Waals surface area contributed by atoms with Crippen LogP contribution < -0.4 is 5.32 Å². The zero-order valence-electron chi connectivity index (χ0n) is 12.7. The molecular formula is C14H24N4O2S. The van der Waals surface area contributed by atoms with Crippen LogP contribution in [0.4, 0.5) is 0 Å². The number of nitrogens with zero attached hydrogens (tertiary/aromatic N) is 2. The summed E-state index contributed by atoms with van der Waals surface area (Å²) in [5.41, 5.74) is 1.20. The minimum absolute atomic E-state index is 0.363. The Bertz CT molecular complexity index is 585. The SMILES string of the molecule is Cc1n[nH]c(C)c1S(=O)(=O)N1CCCC(C2CCCN2)C1. The molecule has 3 heterocycles. The highest BCUT2D eigenvalue weighted by Gasteiger charge is 2.36. The molecule has 2 aliphatic rings. The number of hydrogen-bond acceptors (Lipinski definition) is 4. The summed E-state index contributed by atoms with van der Waals surface area (Å²) in [7, 11) is -3.43. The van der Waals surface area contributed by atoms with Crippen LogP contribution in [0, 0.1) is 19.8 Å². The molecule has 0 aliphatic carbocycles. The molecule has 0 bridgehead atoms. The summed E-state index contributed by atoms with van der Waals surface area (Å²) >= 11 is 0. The fourth-order valence-electron chi connectivity index (χ4n) is 3.68. The molecule has 0 amide bonds. The topological polar surface area (TPSA) is 78.1 Å². The second kappa shape index (κ2) is 5.70.